The molecule has 0 radical (unpaired) electrons. The Balaban J connectivity index is 2.68. The summed E-state index contributed by atoms with van der Waals surface area (Å²) in [5, 5.41) is 2.86. The number of halogens is 2. The van der Waals surface area contributed by atoms with E-state index >= 15 is 0 Å². The lowest BCUT2D eigenvalue weighted by Gasteiger charge is -2.26. The second-order valence-electron chi connectivity index (χ2n) is 5.35. The normalized spacial score (nSPS) is 13.2. The first kappa shape index (κ1) is 15.7. The van der Waals surface area contributed by atoms with Gasteiger partial charge in [-0.2, -0.15) is 0 Å². The summed E-state index contributed by atoms with van der Waals surface area (Å²) in [5.74, 6) is -0.0729. The summed E-state index contributed by atoms with van der Waals surface area (Å²) in [6.45, 7) is 6.08. The van der Waals surface area contributed by atoms with Gasteiger partial charge in [0.1, 0.15) is 0 Å². The van der Waals surface area contributed by atoms with Crippen molar-refractivity contribution in [2.75, 3.05) is 5.32 Å². The van der Waals surface area contributed by atoms with Gasteiger partial charge in [-0.3, -0.25) is 4.79 Å². The lowest BCUT2D eigenvalue weighted by atomic mass is 9.85. The second-order valence-corrected chi connectivity index (χ2v) is 7.12. The van der Waals surface area contributed by atoms with Crippen LogP contribution in [0.5, 0.6) is 0 Å². The summed E-state index contributed by atoms with van der Waals surface area (Å²) >= 11 is 6.77. The largest absolute Gasteiger partial charge is 0.327 e. The highest BCUT2D eigenvalue weighted by Crippen LogP contribution is 2.27. The fourth-order valence-corrected chi connectivity index (χ4v) is 2.01. The van der Waals surface area contributed by atoms with Gasteiger partial charge < -0.3 is 11.1 Å². The minimum absolute atomic E-state index is 0.0729. The molecule has 0 bridgehead atoms. The van der Waals surface area contributed by atoms with Crippen LogP contribution >= 0.6 is 31.9 Å². The van der Waals surface area contributed by atoms with Crippen molar-refractivity contribution < 1.29 is 4.79 Å². The number of hydrogen-bond donors (Lipinski definition) is 2. The highest BCUT2D eigenvalue weighted by atomic mass is 79.9. The molecule has 0 saturated carbocycles. The summed E-state index contributed by atoms with van der Waals surface area (Å²) in [7, 11) is 0. The zero-order valence-corrected chi connectivity index (χ0v) is 13.9. The lowest BCUT2D eigenvalue weighted by Crippen LogP contribution is -2.38. The predicted molar refractivity (Wildman–Crippen MR) is 82.5 cm³/mol. The van der Waals surface area contributed by atoms with Gasteiger partial charge in [0, 0.05) is 21.4 Å². The van der Waals surface area contributed by atoms with Crippen LogP contribution in [0.2, 0.25) is 0 Å². The van der Waals surface area contributed by atoms with E-state index in [0.29, 0.717) is 6.42 Å². The maximum atomic E-state index is 11.9. The highest BCUT2D eigenvalue weighted by molar-refractivity contribution is 9.11. The molecule has 1 aromatic rings. The van der Waals surface area contributed by atoms with Crippen LogP contribution in [-0.2, 0) is 4.79 Å². The van der Waals surface area contributed by atoms with Crippen LogP contribution < -0.4 is 11.1 Å². The Kier molecular flexibility index (Phi) is 5.37. The van der Waals surface area contributed by atoms with Crippen LogP contribution in [0, 0.1) is 5.41 Å². The molecule has 0 heterocycles. The van der Waals surface area contributed by atoms with Crippen molar-refractivity contribution >= 4 is 43.5 Å². The first-order chi connectivity index (χ1) is 8.20. The number of anilines is 1. The maximum Gasteiger partial charge on any atom is 0.225 e. The average molecular weight is 378 g/mol. The molecule has 18 heavy (non-hydrogen) atoms. The Morgan fingerprint density at radius 2 is 2.00 bits per heavy atom. The molecule has 0 saturated heterocycles. The van der Waals surface area contributed by atoms with Gasteiger partial charge in [0.15, 0.2) is 0 Å². The van der Waals surface area contributed by atoms with E-state index < -0.39 is 0 Å². The zero-order chi connectivity index (χ0) is 13.9. The van der Waals surface area contributed by atoms with E-state index in [0.717, 1.165) is 14.6 Å². The van der Waals surface area contributed by atoms with Crippen molar-refractivity contribution in [1.29, 1.82) is 0 Å². The molecule has 0 aliphatic carbocycles. The predicted octanol–water partition coefficient (Wildman–Crippen LogP) is 3.91. The molecule has 0 aromatic heterocycles. The van der Waals surface area contributed by atoms with Crippen molar-refractivity contribution in [2.45, 2.75) is 33.2 Å². The number of nitrogens with two attached hydrogens (primary N) is 1. The lowest BCUT2D eigenvalue weighted by molar-refractivity contribution is -0.117. The second kappa shape index (κ2) is 6.17. The van der Waals surface area contributed by atoms with Crippen molar-refractivity contribution in [2.24, 2.45) is 11.1 Å². The van der Waals surface area contributed by atoms with Gasteiger partial charge in [0.05, 0.1) is 5.69 Å². The van der Waals surface area contributed by atoms with Crippen molar-refractivity contribution in [1.82, 2.24) is 0 Å². The average Bonchev–Trinajstić information content (AvgIpc) is 2.22. The number of benzene rings is 1. The van der Waals surface area contributed by atoms with Gasteiger partial charge in [-0.05, 0) is 39.5 Å². The quantitative estimate of drug-likeness (QED) is 0.838. The summed E-state index contributed by atoms with van der Waals surface area (Å²) < 4.78 is 1.77. The van der Waals surface area contributed by atoms with E-state index in [1.807, 2.05) is 39.0 Å². The fraction of sp³-hybridized carbons (Fsp3) is 0.462. The minimum Gasteiger partial charge on any atom is -0.327 e. The van der Waals surface area contributed by atoms with Crippen molar-refractivity contribution in [3.63, 3.8) is 0 Å². The summed E-state index contributed by atoms with van der Waals surface area (Å²) in [6, 6.07) is 5.47. The SMILES string of the molecule is CC(C)(C)C(N)CC(=O)Nc1cc(Br)ccc1Br. The topological polar surface area (TPSA) is 55.1 Å². The van der Waals surface area contributed by atoms with Crippen molar-refractivity contribution in [3.8, 4) is 0 Å². The molecule has 5 heteroatoms. The van der Waals surface area contributed by atoms with Crippen LogP contribution in [0.4, 0.5) is 5.69 Å². The van der Waals surface area contributed by atoms with Gasteiger partial charge in [0.25, 0.3) is 0 Å². The molecule has 3 N–H and O–H groups in total. The molecule has 0 fully saturated rings. The van der Waals surface area contributed by atoms with Gasteiger partial charge in [-0.15, -0.1) is 0 Å². The molecule has 3 nitrogen and oxygen atoms in total. The van der Waals surface area contributed by atoms with Crippen LogP contribution in [0.15, 0.2) is 27.1 Å². The number of rotatable bonds is 3. The molecular formula is C13H18Br2N2O. The van der Waals surface area contributed by atoms with E-state index in [9.17, 15) is 4.79 Å². The molecule has 1 aromatic carbocycles. The first-order valence-electron chi connectivity index (χ1n) is 5.70. The third-order valence-corrected chi connectivity index (χ3v) is 3.90. The van der Waals surface area contributed by atoms with Crippen LogP contribution in [0.1, 0.15) is 27.2 Å². The van der Waals surface area contributed by atoms with E-state index in [4.69, 9.17) is 5.73 Å². The molecule has 0 aliphatic rings. The number of carbonyl (C=O) groups is 1. The Bertz CT molecular complexity index is 441. The molecule has 1 amide bonds. The van der Waals surface area contributed by atoms with E-state index in [-0.39, 0.29) is 17.4 Å². The van der Waals surface area contributed by atoms with Gasteiger partial charge in [-0.1, -0.05) is 36.7 Å². The minimum atomic E-state index is -0.163. The summed E-state index contributed by atoms with van der Waals surface area (Å²) in [6.07, 6.45) is 0.308. The standard InChI is InChI=1S/C13H18Br2N2O/c1-13(2,3)11(16)7-12(18)17-10-6-8(14)4-5-9(10)15/h4-6,11H,7,16H2,1-3H3,(H,17,18). The van der Waals surface area contributed by atoms with Gasteiger partial charge >= 0.3 is 0 Å². The maximum absolute atomic E-state index is 11.9. The fourth-order valence-electron chi connectivity index (χ4n) is 1.30. The first-order valence-corrected chi connectivity index (χ1v) is 7.29. The van der Waals surface area contributed by atoms with Gasteiger partial charge in [-0.25, -0.2) is 0 Å². The Hall–Kier alpha value is -0.390. The zero-order valence-electron chi connectivity index (χ0n) is 10.8. The molecule has 1 unspecified atom stereocenters. The highest BCUT2D eigenvalue weighted by Gasteiger charge is 2.23. The molecule has 100 valence electrons. The molecule has 1 rings (SSSR count). The van der Waals surface area contributed by atoms with Crippen LogP contribution in [0.25, 0.3) is 0 Å². The monoisotopic (exact) mass is 376 g/mol. The van der Waals surface area contributed by atoms with E-state index in [1.165, 1.54) is 0 Å². The number of nitrogens with one attached hydrogen (secondary N) is 1. The molecule has 0 aliphatic heterocycles. The van der Waals surface area contributed by atoms with Crippen molar-refractivity contribution in [3.05, 3.63) is 27.1 Å². The van der Waals surface area contributed by atoms with E-state index in [1.54, 1.807) is 0 Å². The third-order valence-electron chi connectivity index (χ3n) is 2.72. The Morgan fingerprint density at radius 3 is 2.56 bits per heavy atom. The van der Waals surface area contributed by atoms with Gasteiger partial charge in [0.2, 0.25) is 5.91 Å². The summed E-state index contributed by atoms with van der Waals surface area (Å²) in [5.41, 5.74) is 6.66. The Morgan fingerprint density at radius 1 is 1.39 bits per heavy atom. The molecule has 1 atom stereocenters. The number of amides is 1. The molecule has 0 spiro atoms. The molecular weight excluding hydrogens is 360 g/mol. The Labute approximate surface area is 125 Å². The van der Waals surface area contributed by atoms with E-state index in [2.05, 4.69) is 37.2 Å². The van der Waals surface area contributed by atoms with Crippen LogP contribution in [-0.4, -0.2) is 11.9 Å². The summed E-state index contributed by atoms with van der Waals surface area (Å²) in [4.78, 5) is 11.9. The van der Waals surface area contributed by atoms with Crippen LogP contribution in [0.3, 0.4) is 0 Å². The number of carbonyl (C=O) groups excluding carboxylic acids is 1. The number of hydrogen-bond acceptors (Lipinski definition) is 2. The third kappa shape index (κ3) is 4.71. The smallest absolute Gasteiger partial charge is 0.225 e.